The first-order valence-corrected chi connectivity index (χ1v) is 11.4. The third-order valence-corrected chi connectivity index (χ3v) is 7.20. The van der Waals surface area contributed by atoms with E-state index >= 15 is 0 Å². The predicted octanol–water partition coefficient (Wildman–Crippen LogP) is 2.87. The van der Waals surface area contributed by atoms with Gasteiger partial charge in [0.1, 0.15) is 17.8 Å². The number of fused-ring (bicyclic) bond motifs is 5. The molecule has 3 aliphatic rings. The summed E-state index contributed by atoms with van der Waals surface area (Å²) in [4.78, 5) is 44.1. The van der Waals surface area contributed by atoms with E-state index in [1.807, 2.05) is 55.5 Å². The van der Waals surface area contributed by atoms with Crippen LogP contribution in [0.5, 0.6) is 5.75 Å². The lowest BCUT2D eigenvalue weighted by Gasteiger charge is -2.47. The molecule has 3 aliphatic heterocycles. The van der Waals surface area contributed by atoms with E-state index < -0.39 is 23.5 Å². The smallest absolute Gasteiger partial charge is 0.312 e. The van der Waals surface area contributed by atoms with Gasteiger partial charge in [0.15, 0.2) is 0 Å². The van der Waals surface area contributed by atoms with E-state index in [1.54, 1.807) is 23.6 Å². The molecule has 2 aromatic carbocycles. The Kier molecular flexibility index (Phi) is 5.15. The van der Waals surface area contributed by atoms with Gasteiger partial charge in [0, 0.05) is 18.0 Å². The van der Waals surface area contributed by atoms with Crippen molar-refractivity contribution in [2.45, 2.75) is 38.9 Å². The second-order valence-corrected chi connectivity index (χ2v) is 9.25. The average molecular weight is 449 g/mol. The normalized spacial score (nSPS) is 28.0. The maximum absolute atomic E-state index is 14.0. The van der Waals surface area contributed by atoms with Gasteiger partial charge in [-0.1, -0.05) is 48.0 Å². The molecule has 0 unspecified atom stereocenters. The lowest BCUT2D eigenvalue weighted by Crippen LogP contribution is -2.67. The van der Waals surface area contributed by atoms with Gasteiger partial charge in [0.05, 0.1) is 25.2 Å². The van der Waals surface area contributed by atoms with Crippen molar-refractivity contribution >= 4 is 17.8 Å². The Morgan fingerprint density at radius 2 is 1.94 bits per heavy atom. The molecular formula is C26H28N2O5. The number of ether oxygens (including phenoxy) is 2. The molecule has 0 saturated carbocycles. The molecule has 0 bridgehead atoms. The largest absolute Gasteiger partial charge is 0.493 e. The first-order chi connectivity index (χ1) is 15.9. The summed E-state index contributed by atoms with van der Waals surface area (Å²) in [6, 6.07) is 15.0. The summed E-state index contributed by atoms with van der Waals surface area (Å²) in [6.45, 7) is 6.18. The van der Waals surface area contributed by atoms with Crippen LogP contribution in [0.2, 0.25) is 0 Å². The number of carbonyl (C=O) groups excluding carboxylic acids is 3. The fourth-order valence-corrected chi connectivity index (χ4v) is 5.85. The van der Waals surface area contributed by atoms with Gasteiger partial charge >= 0.3 is 5.97 Å². The van der Waals surface area contributed by atoms with E-state index in [2.05, 4.69) is 0 Å². The SMILES string of the molecule is CCOC(=O)[C@H]1[C@H]2COc3ccc(C)cc3[C@@H]2N2C(=O)CN(Cc3ccccc3)C(=O)[C@@]12C. The monoisotopic (exact) mass is 448 g/mol. The van der Waals surface area contributed by atoms with Crippen molar-refractivity contribution in [3.05, 3.63) is 65.2 Å². The number of piperazine rings is 1. The Morgan fingerprint density at radius 3 is 2.67 bits per heavy atom. The summed E-state index contributed by atoms with van der Waals surface area (Å²) in [6.07, 6.45) is 0. The van der Waals surface area contributed by atoms with Crippen molar-refractivity contribution in [2.24, 2.45) is 11.8 Å². The zero-order chi connectivity index (χ0) is 23.3. The van der Waals surface area contributed by atoms with Crippen molar-refractivity contribution in [2.75, 3.05) is 19.8 Å². The van der Waals surface area contributed by atoms with Crippen LogP contribution in [0.25, 0.3) is 0 Å². The molecule has 0 radical (unpaired) electrons. The van der Waals surface area contributed by atoms with Gasteiger partial charge in [-0.15, -0.1) is 0 Å². The lowest BCUT2D eigenvalue weighted by atomic mass is 9.77. The van der Waals surface area contributed by atoms with Gasteiger partial charge in [-0.3, -0.25) is 14.4 Å². The summed E-state index contributed by atoms with van der Waals surface area (Å²) in [5, 5.41) is 0. The van der Waals surface area contributed by atoms with Crippen molar-refractivity contribution in [3.8, 4) is 5.75 Å². The Balaban J connectivity index is 1.61. The zero-order valence-electron chi connectivity index (χ0n) is 19.1. The number of benzene rings is 2. The fourth-order valence-electron chi connectivity index (χ4n) is 5.85. The van der Waals surface area contributed by atoms with Crippen molar-refractivity contribution in [1.82, 2.24) is 9.80 Å². The van der Waals surface area contributed by atoms with Crippen LogP contribution in [0.1, 0.15) is 36.6 Å². The molecule has 0 aromatic heterocycles. The highest BCUT2D eigenvalue weighted by Gasteiger charge is 2.69. The molecule has 0 N–H and O–H groups in total. The number of aryl methyl sites for hydroxylation is 1. The van der Waals surface area contributed by atoms with Crippen LogP contribution in [-0.4, -0.2) is 52.9 Å². The van der Waals surface area contributed by atoms with Crippen LogP contribution in [-0.2, 0) is 25.7 Å². The van der Waals surface area contributed by atoms with E-state index in [4.69, 9.17) is 9.47 Å². The number of carbonyl (C=O) groups is 3. The molecule has 2 saturated heterocycles. The molecule has 33 heavy (non-hydrogen) atoms. The maximum atomic E-state index is 14.0. The molecule has 2 aromatic rings. The summed E-state index contributed by atoms with van der Waals surface area (Å²) in [7, 11) is 0. The van der Waals surface area contributed by atoms with Crippen LogP contribution in [0, 0.1) is 18.8 Å². The minimum Gasteiger partial charge on any atom is -0.493 e. The quantitative estimate of drug-likeness (QED) is 0.673. The molecule has 7 heteroatoms. The van der Waals surface area contributed by atoms with Gasteiger partial charge in [0.2, 0.25) is 11.8 Å². The Bertz CT molecular complexity index is 1120. The highest BCUT2D eigenvalue weighted by atomic mass is 16.5. The van der Waals surface area contributed by atoms with Gasteiger partial charge < -0.3 is 19.3 Å². The van der Waals surface area contributed by atoms with Gasteiger partial charge in [0.25, 0.3) is 0 Å². The van der Waals surface area contributed by atoms with Crippen LogP contribution in [0.3, 0.4) is 0 Å². The van der Waals surface area contributed by atoms with Crippen LogP contribution in [0.4, 0.5) is 0 Å². The van der Waals surface area contributed by atoms with Crippen molar-refractivity contribution < 1.29 is 23.9 Å². The zero-order valence-corrected chi connectivity index (χ0v) is 19.1. The van der Waals surface area contributed by atoms with Gasteiger partial charge in [-0.05, 0) is 32.4 Å². The van der Waals surface area contributed by atoms with Crippen molar-refractivity contribution in [3.63, 3.8) is 0 Å². The van der Waals surface area contributed by atoms with E-state index in [0.29, 0.717) is 12.3 Å². The van der Waals surface area contributed by atoms with E-state index in [9.17, 15) is 14.4 Å². The predicted molar refractivity (Wildman–Crippen MR) is 120 cm³/mol. The third kappa shape index (κ3) is 3.21. The number of hydrogen-bond donors (Lipinski definition) is 0. The Hall–Kier alpha value is -3.35. The molecule has 5 rings (SSSR count). The minimum atomic E-state index is -1.35. The van der Waals surface area contributed by atoms with Gasteiger partial charge in [-0.2, -0.15) is 0 Å². The third-order valence-electron chi connectivity index (χ3n) is 7.20. The highest BCUT2D eigenvalue weighted by molar-refractivity contribution is 6.02. The number of amides is 2. The number of hydrogen-bond acceptors (Lipinski definition) is 5. The maximum Gasteiger partial charge on any atom is 0.312 e. The van der Waals surface area contributed by atoms with Crippen LogP contribution < -0.4 is 4.74 Å². The molecule has 2 fully saturated rings. The molecule has 0 spiro atoms. The molecule has 2 amide bonds. The topological polar surface area (TPSA) is 76.2 Å². The number of rotatable bonds is 4. The Morgan fingerprint density at radius 1 is 1.18 bits per heavy atom. The molecule has 3 heterocycles. The fraction of sp³-hybridized carbons (Fsp3) is 0.423. The first-order valence-electron chi connectivity index (χ1n) is 11.4. The van der Waals surface area contributed by atoms with Crippen molar-refractivity contribution in [1.29, 1.82) is 0 Å². The molecule has 7 nitrogen and oxygen atoms in total. The lowest BCUT2D eigenvalue weighted by molar-refractivity contribution is -0.170. The molecule has 0 aliphatic carbocycles. The Labute approximate surface area is 193 Å². The summed E-state index contributed by atoms with van der Waals surface area (Å²) in [5.74, 6) is -1.34. The second-order valence-electron chi connectivity index (χ2n) is 9.25. The van der Waals surface area contributed by atoms with E-state index in [1.165, 1.54) is 0 Å². The molecular weight excluding hydrogens is 420 g/mol. The summed E-state index contributed by atoms with van der Waals surface area (Å²) < 4.78 is 11.5. The summed E-state index contributed by atoms with van der Waals surface area (Å²) >= 11 is 0. The number of nitrogens with zero attached hydrogens (tertiary/aromatic N) is 2. The van der Waals surface area contributed by atoms with Gasteiger partial charge in [-0.25, -0.2) is 0 Å². The van der Waals surface area contributed by atoms with Crippen LogP contribution in [0.15, 0.2) is 48.5 Å². The van der Waals surface area contributed by atoms with E-state index in [-0.39, 0.29) is 37.5 Å². The van der Waals surface area contributed by atoms with Crippen LogP contribution >= 0.6 is 0 Å². The molecule has 172 valence electrons. The minimum absolute atomic E-state index is 0.0237. The number of esters is 1. The second kappa shape index (κ2) is 7.90. The average Bonchev–Trinajstić information content (AvgIpc) is 3.08. The highest BCUT2D eigenvalue weighted by Crippen LogP contribution is 2.56. The standard InChI is InChI=1S/C26H28N2O5/c1-4-32-24(30)22-19-15-33-20-11-10-16(2)12-18(20)23(19)28-21(29)14-27(25(31)26(22,28)3)13-17-8-6-5-7-9-17/h5-12,19,22-23H,4,13-15H2,1-3H3/t19-,22-,23+,26-/m1/s1. The first kappa shape index (κ1) is 21.5. The molecule has 4 atom stereocenters. The summed E-state index contributed by atoms with van der Waals surface area (Å²) in [5.41, 5.74) is 1.46. The van der Waals surface area contributed by atoms with E-state index in [0.717, 1.165) is 16.7 Å².